The molecule has 0 rings (SSSR count). The quantitative estimate of drug-likeness (QED) is 0.0325. The zero-order valence-corrected chi connectivity index (χ0v) is 36.9. The lowest BCUT2D eigenvalue weighted by Crippen LogP contribution is -2.45. The predicted octanol–water partition coefficient (Wildman–Crippen LogP) is 14.2. The van der Waals surface area contributed by atoms with Crippen molar-refractivity contribution >= 4 is 11.9 Å². The van der Waals surface area contributed by atoms with E-state index in [4.69, 9.17) is 4.74 Å². The number of unbranched alkanes of at least 4 members (excludes halogenated alkanes) is 32. The van der Waals surface area contributed by atoms with Crippen LogP contribution in [0.3, 0.4) is 0 Å². The average Bonchev–Trinajstić information content (AvgIpc) is 3.18. The fourth-order valence-electron chi connectivity index (χ4n) is 7.51. The molecule has 3 N–H and O–H groups in total. The second kappa shape index (κ2) is 45.3. The van der Waals surface area contributed by atoms with Crippen molar-refractivity contribution in [3.8, 4) is 0 Å². The molecule has 2 atom stereocenters. The summed E-state index contributed by atoms with van der Waals surface area (Å²) in [6.45, 7) is 4.89. The highest BCUT2D eigenvalue weighted by atomic mass is 16.5. The number of amides is 1. The van der Waals surface area contributed by atoms with Crippen LogP contribution >= 0.6 is 0 Å². The highest BCUT2D eigenvalue weighted by Gasteiger charge is 2.20. The summed E-state index contributed by atoms with van der Waals surface area (Å²) in [6.07, 6.45) is 50.4. The number of carbonyl (C=O) groups is 2. The molecular formula is C49H95NO5. The number of ether oxygens (including phenoxy) is 1. The Balaban J connectivity index is 3.39. The lowest BCUT2D eigenvalue weighted by Gasteiger charge is -2.22. The van der Waals surface area contributed by atoms with Crippen molar-refractivity contribution in [2.45, 2.75) is 276 Å². The molecule has 0 aromatic carbocycles. The Hall–Kier alpha value is -1.40. The van der Waals surface area contributed by atoms with Crippen molar-refractivity contribution in [2.75, 3.05) is 13.2 Å². The Kier molecular flexibility index (Phi) is 44.2. The van der Waals surface area contributed by atoms with E-state index in [2.05, 4.69) is 31.3 Å². The monoisotopic (exact) mass is 778 g/mol. The van der Waals surface area contributed by atoms with Crippen LogP contribution in [0.5, 0.6) is 0 Å². The first-order valence-corrected chi connectivity index (χ1v) is 24.4. The second-order valence-electron chi connectivity index (χ2n) is 16.8. The Morgan fingerprint density at radius 1 is 0.491 bits per heavy atom. The molecule has 0 aliphatic rings. The van der Waals surface area contributed by atoms with E-state index in [-0.39, 0.29) is 18.5 Å². The van der Waals surface area contributed by atoms with Crippen LogP contribution in [0.25, 0.3) is 0 Å². The minimum atomic E-state index is -0.664. The molecule has 0 saturated heterocycles. The summed E-state index contributed by atoms with van der Waals surface area (Å²) in [5, 5.41) is 23.0. The van der Waals surface area contributed by atoms with Crippen molar-refractivity contribution in [3.05, 3.63) is 12.2 Å². The number of hydrogen-bond acceptors (Lipinski definition) is 5. The Labute approximate surface area is 342 Å². The van der Waals surface area contributed by atoms with E-state index in [1.165, 1.54) is 186 Å². The Bertz CT molecular complexity index is 817. The van der Waals surface area contributed by atoms with Gasteiger partial charge in [-0.3, -0.25) is 9.59 Å². The summed E-state index contributed by atoms with van der Waals surface area (Å²) in [5.41, 5.74) is 0. The maximum Gasteiger partial charge on any atom is 0.305 e. The maximum atomic E-state index is 12.4. The van der Waals surface area contributed by atoms with Gasteiger partial charge < -0.3 is 20.3 Å². The molecule has 0 spiro atoms. The maximum absolute atomic E-state index is 12.4. The Morgan fingerprint density at radius 2 is 0.855 bits per heavy atom. The summed E-state index contributed by atoms with van der Waals surface area (Å²) >= 11 is 0. The molecule has 2 unspecified atom stereocenters. The summed E-state index contributed by atoms with van der Waals surface area (Å²) in [4.78, 5) is 24.3. The molecule has 0 aliphatic heterocycles. The third-order valence-corrected chi connectivity index (χ3v) is 11.3. The smallest absolute Gasteiger partial charge is 0.305 e. The Morgan fingerprint density at radius 3 is 1.33 bits per heavy atom. The number of allylic oxidation sites excluding steroid dienone is 2. The van der Waals surface area contributed by atoms with E-state index < -0.39 is 12.1 Å². The van der Waals surface area contributed by atoms with E-state index in [9.17, 15) is 19.8 Å². The van der Waals surface area contributed by atoms with E-state index in [0.717, 1.165) is 44.9 Å². The number of esters is 1. The lowest BCUT2D eigenvalue weighted by molar-refractivity contribution is -0.143. The number of aliphatic hydroxyl groups excluding tert-OH is 2. The van der Waals surface area contributed by atoms with E-state index in [1.54, 1.807) is 0 Å². The molecule has 6 nitrogen and oxygen atoms in total. The zero-order chi connectivity index (χ0) is 40.1. The molecule has 0 aromatic heterocycles. The fourth-order valence-corrected chi connectivity index (χ4v) is 7.51. The first-order valence-electron chi connectivity index (χ1n) is 24.4. The first-order chi connectivity index (χ1) is 27.0. The molecule has 0 bridgehead atoms. The topological polar surface area (TPSA) is 95.9 Å². The lowest BCUT2D eigenvalue weighted by atomic mass is 10.0. The number of rotatable bonds is 45. The van der Waals surface area contributed by atoms with Crippen LogP contribution in [0.4, 0.5) is 0 Å². The highest BCUT2D eigenvalue weighted by Crippen LogP contribution is 2.16. The zero-order valence-electron chi connectivity index (χ0n) is 36.9. The third-order valence-electron chi connectivity index (χ3n) is 11.3. The molecule has 0 radical (unpaired) electrons. The van der Waals surface area contributed by atoms with Gasteiger partial charge in [0.25, 0.3) is 0 Å². The molecule has 0 aromatic rings. The van der Waals surface area contributed by atoms with Crippen LogP contribution in [-0.2, 0) is 14.3 Å². The highest BCUT2D eigenvalue weighted by molar-refractivity contribution is 5.76. The van der Waals surface area contributed by atoms with E-state index in [0.29, 0.717) is 25.9 Å². The fraction of sp³-hybridized carbons (Fsp3) is 0.918. The minimum absolute atomic E-state index is 0.00510. The van der Waals surface area contributed by atoms with Crippen molar-refractivity contribution in [3.63, 3.8) is 0 Å². The van der Waals surface area contributed by atoms with Crippen molar-refractivity contribution in [1.29, 1.82) is 0 Å². The van der Waals surface area contributed by atoms with Gasteiger partial charge in [-0.05, 0) is 51.4 Å². The normalized spacial score (nSPS) is 12.7. The van der Waals surface area contributed by atoms with E-state index in [1.807, 2.05) is 0 Å². The van der Waals surface area contributed by atoms with Gasteiger partial charge in [0.05, 0.1) is 25.4 Å². The largest absolute Gasteiger partial charge is 0.466 e. The molecule has 6 heteroatoms. The molecule has 326 valence electrons. The molecule has 55 heavy (non-hydrogen) atoms. The predicted molar refractivity (Wildman–Crippen MR) is 237 cm³/mol. The van der Waals surface area contributed by atoms with Crippen LogP contribution in [0.1, 0.15) is 264 Å². The molecular weight excluding hydrogens is 683 g/mol. The van der Waals surface area contributed by atoms with Gasteiger partial charge in [0.2, 0.25) is 5.91 Å². The van der Waals surface area contributed by atoms with Gasteiger partial charge in [0.15, 0.2) is 0 Å². The third kappa shape index (κ3) is 42.0. The van der Waals surface area contributed by atoms with Crippen LogP contribution in [-0.4, -0.2) is 47.4 Å². The number of hydrogen-bond donors (Lipinski definition) is 3. The van der Waals surface area contributed by atoms with Crippen LogP contribution in [0.2, 0.25) is 0 Å². The molecule has 1 amide bonds. The number of aliphatic hydroxyl groups is 2. The van der Waals surface area contributed by atoms with Gasteiger partial charge in [-0.2, -0.15) is 0 Å². The SMILES string of the molecule is CCCCC/C=C\CCCCCCCC(=O)OCCCCCCCCCCCCCCCCCCCC(=O)NC(CO)C(O)CCCCCCCCCCC. The number of carbonyl (C=O) groups excluding carboxylic acids is 2. The summed E-state index contributed by atoms with van der Waals surface area (Å²) < 4.78 is 5.45. The summed E-state index contributed by atoms with van der Waals surface area (Å²) in [5.74, 6) is -0.0481. The van der Waals surface area contributed by atoms with Gasteiger partial charge in [-0.25, -0.2) is 0 Å². The van der Waals surface area contributed by atoms with Gasteiger partial charge >= 0.3 is 5.97 Å². The van der Waals surface area contributed by atoms with Gasteiger partial charge in [-0.1, -0.05) is 212 Å². The number of nitrogens with one attached hydrogen (secondary N) is 1. The summed E-state index contributed by atoms with van der Waals surface area (Å²) in [6, 6.07) is -0.542. The van der Waals surface area contributed by atoms with Crippen molar-refractivity contribution in [1.82, 2.24) is 5.32 Å². The van der Waals surface area contributed by atoms with Crippen LogP contribution in [0, 0.1) is 0 Å². The van der Waals surface area contributed by atoms with Gasteiger partial charge in [0.1, 0.15) is 0 Å². The van der Waals surface area contributed by atoms with Crippen LogP contribution in [0.15, 0.2) is 12.2 Å². The van der Waals surface area contributed by atoms with Gasteiger partial charge in [0, 0.05) is 12.8 Å². The first kappa shape index (κ1) is 53.6. The minimum Gasteiger partial charge on any atom is -0.466 e. The molecule has 0 aliphatic carbocycles. The van der Waals surface area contributed by atoms with E-state index >= 15 is 0 Å². The van der Waals surface area contributed by atoms with Crippen molar-refractivity contribution < 1.29 is 24.5 Å². The summed E-state index contributed by atoms with van der Waals surface area (Å²) in [7, 11) is 0. The standard InChI is InChI=1S/C49H95NO5/c1-3-5-7-9-11-13-14-23-27-31-35-39-43-49(54)55-44-40-36-32-28-24-21-19-17-15-16-18-20-22-26-30-34-38-42-48(53)50-46(45-51)47(52)41-37-33-29-25-12-10-8-6-4-2/h11,13,46-47,51-52H,3-10,12,14-45H2,1-2H3,(H,50,53)/b13-11-. The molecule has 0 fully saturated rings. The van der Waals surface area contributed by atoms with Gasteiger partial charge in [-0.15, -0.1) is 0 Å². The molecule has 0 heterocycles. The molecule has 0 saturated carbocycles. The second-order valence-corrected chi connectivity index (χ2v) is 16.8. The average molecular weight is 778 g/mol. The van der Waals surface area contributed by atoms with Crippen molar-refractivity contribution in [2.24, 2.45) is 0 Å². The van der Waals surface area contributed by atoms with Crippen LogP contribution < -0.4 is 5.32 Å².